The van der Waals surface area contributed by atoms with Gasteiger partial charge in [-0.25, -0.2) is 9.18 Å². The van der Waals surface area contributed by atoms with Gasteiger partial charge in [-0.3, -0.25) is 10.1 Å². The number of hydrogen-bond acceptors (Lipinski definition) is 8. The highest BCUT2D eigenvalue weighted by Gasteiger charge is 2.23. The summed E-state index contributed by atoms with van der Waals surface area (Å²) in [7, 11) is 0. The number of carbonyl (C=O) groups is 1. The van der Waals surface area contributed by atoms with Gasteiger partial charge in [0.1, 0.15) is 5.82 Å². The Morgan fingerprint density at radius 1 is 1.43 bits per heavy atom. The standard InChI is InChI=1S/C10H6FN3O4S3/c1-19-9-12-13-10(21-9)20-7-2-4(8(15)16)5(11)3-6(7)14(17)18/h2-3H,1H3,(H,15,16). The van der Waals surface area contributed by atoms with Crippen molar-refractivity contribution in [2.45, 2.75) is 13.6 Å². The number of nitrogens with zero attached hydrogens (tertiary/aromatic N) is 3. The molecule has 11 heteroatoms. The van der Waals surface area contributed by atoms with Crippen LogP contribution in [-0.4, -0.2) is 32.5 Å². The minimum Gasteiger partial charge on any atom is -0.478 e. The third-order valence-electron chi connectivity index (χ3n) is 2.24. The molecule has 7 nitrogen and oxygen atoms in total. The highest BCUT2D eigenvalue weighted by atomic mass is 32.2. The molecule has 0 saturated carbocycles. The molecular formula is C10H6FN3O4S3. The largest absolute Gasteiger partial charge is 0.478 e. The number of thioether (sulfide) groups is 1. The van der Waals surface area contributed by atoms with E-state index in [0.29, 0.717) is 14.7 Å². The molecule has 0 amide bonds. The van der Waals surface area contributed by atoms with E-state index in [1.807, 2.05) is 0 Å². The van der Waals surface area contributed by atoms with E-state index in [9.17, 15) is 19.3 Å². The van der Waals surface area contributed by atoms with Gasteiger partial charge >= 0.3 is 5.97 Å². The molecule has 2 rings (SSSR count). The van der Waals surface area contributed by atoms with Crippen molar-refractivity contribution in [3.63, 3.8) is 0 Å². The molecule has 0 spiro atoms. The van der Waals surface area contributed by atoms with Gasteiger partial charge in [-0.1, -0.05) is 23.1 Å². The second-order valence-electron chi connectivity index (χ2n) is 3.50. The summed E-state index contributed by atoms with van der Waals surface area (Å²) in [6.07, 6.45) is 1.80. The van der Waals surface area contributed by atoms with Crippen LogP contribution < -0.4 is 0 Å². The molecule has 1 aromatic heterocycles. The summed E-state index contributed by atoms with van der Waals surface area (Å²) in [5.41, 5.74) is -1.14. The number of aromatic nitrogens is 2. The lowest BCUT2D eigenvalue weighted by Crippen LogP contribution is -2.03. The van der Waals surface area contributed by atoms with Gasteiger partial charge < -0.3 is 5.11 Å². The molecule has 0 saturated heterocycles. The van der Waals surface area contributed by atoms with Crippen molar-refractivity contribution < 1.29 is 19.2 Å². The summed E-state index contributed by atoms with van der Waals surface area (Å²) in [5, 5.41) is 27.5. The van der Waals surface area contributed by atoms with Crippen LogP contribution in [0.1, 0.15) is 10.4 Å². The molecule has 2 aromatic rings. The molecule has 1 N–H and O–H groups in total. The van der Waals surface area contributed by atoms with Crippen molar-refractivity contribution in [3.8, 4) is 0 Å². The minimum absolute atomic E-state index is 0.00241. The Morgan fingerprint density at radius 3 is 2.62 bits per heavy atom. The molecule has 110 valence electrons. The Morgan fingerprint density at radius 2 is 2.10 bits per heavy atom. The fourth-order valence-corrected chi connectivity index (χ4v) is 3.87. The van der Waals surface area contributed by atoms with Crippen molar-refractivity contribution in [2.75, 3.05) is 6.26 Å². The SMILES string of the molecule is CSc1nnc(Sc2cc(C(=O)O)c(F)cc2[N+](=O)[O-])s1. The van der Waals surface area contributed by atoms with Crippen LogP contribution in [0, 0.1) is 15.9 Å². The fraction of sp³-hybridized carbons (Fsp3) is 0.100. The molecule has 21 heavy (non-hydrogen) atoms. The van der Waals surface area contributed by atoms with Crippen LogP contribution in [0.5, 0.6) is 0 Å². The van der Waals surface area contributed by atoms with Crippen LogP contribution in [0.15, 0.2) is 25.7 Å². The first-order valence-electron chi connectivity index (χ1n) is 5.19. The van der Waals surface area contributed by atoms with E-state index in [1.54, 1.807) is 6.26 Å². The molecular weight excluding hydrogens is 341 g/mol. The molecule has 0 unspecified atom stereocenters. The number of nitro groups is 1. The summed E-state index contributed by atoms with van der Waals surface area (Å²) >= 11 is 3.45. The minimum atomic E-state index is -1.49. The number of hydrogen-bond donors (Lipinski definition) is 1. The van der Waals surface area contributed by atoms with E-state index in [4.69, 9.17) is 5.11 Å². The van der Waals surface area contributed by atoms with E-state index in [2.05, 4.69) is 10.2 Å². The summed E-state index contributed by atoms with van der Waals surface area (Å²) in [5.74, 6) is -2.65. The summed E-state index contributed by atoms with van der Waals surface area (Å²) in [6, 6.07) is 1.53. The van der Waals surface area contributed by atoms with Crippen LogP contribution in [0.2, 0.25) is 0 Å². The van der Waals surface area contributed by atoms with Gasteiger partial charge in [0, 0.05) is 0 Å². The Bertz CT molecular complexity index is 722. The number of nitro benzene ring substituents is 1. The van der Waals surface area contributed by atoms with Crippen LogP contribution in [0.25, 0.3) is 0 Å². The van der Waals surface area contributed by atoms with Crippen molar-refractivity contribution >= 4 is 46.5 Å². The number of aromatic carboxylic acids is 1. The Labute approximate surface area is 129 Å². The van der Waals surface area contributed by atoms with Gasteiger partial charge in [0.15, 0.2) is 8.68 Å². The predicted octanol–water partition coefficient (Wildman–Crippen LogP) is 3.16. The molecule has 0 atom stereocenters. The zero-order chi connectivity index (χ0) is 15.6. The zero-order valence-corrected chi connectivity index (χ0v) is 12.7. The second-order valence-corrected chi connectivity index (χ2v) is 6.82. The van der Waals surface area contributed by atoms with E-state index in [1.165, 1.54) is 23.1 Å². The monoisotopic (exact) mass is 347 g/mol. The maximum absolute atomic E-state index is 13.5. The second kappa shape index (κ2) is 6.37. The molecule has 0 fully saturated rings. The number of carboxylic acids is 1. The first-order valence-corrected chi connectivity index (χ1v) is 8.04. The number of halogens is 1. The molecule has 0 aliphatic carbocycles. The number of carboxylic acid groups (broad SMARTS) is 1. The maximum Gasteiger partial charge on any atom is 0.338 e. The van der Waals surface area contributed by atoms with E-state index < -0.39 is 28.0 Å². The van der Waals surface area contributed by atoms with Crippen molar-refractivity contribution in [1.29, 1.82) is 0 Å². The summed E-state index contributed by atoms with van der Waals surface area (Å²) in [4.78, 5) is 21.1. The average molecular weight is 347 g/mol. The lowest BCUT2D eigenvalue weighted by Gasteiger charge is -2.03. The van der Waals surface area contributed by atoms with Gasteiger partial charge in [-0.15, -0.1) is 10.2 Å². The summed E-state index contributed by atoms with van der Waals surface area (Å²) in [6.45, 7) is 0. The molecule has 0 aliphatic heterocycles. The van der Waals surface area contributed by atoms with Crippen molar-refractivity contribution in [1.82, 2.24) is 10.2 Å². The Balaban J connectivity index is 2.46. The van der Waals surface area contributed by atoms with Gasteiger partial charge in [0.05, 0.1) is 21.4 Å². The van der Waals surface area contributed by atoms with Gasteiger partial charge in [-0.2, -0.15) is 0 Å². The highest BCUT2D eigenvalue weighted by Crippen LogP contribution is 2.38. The first kappa shape index (κ1) is 15.7. The maximum atomic E-state index is 13.5. The fourth-order valence-electron chi connectivity index (χ4n) is 1.35. The van der Waals surface area contributed by atoms with Gasteiger partial charge in [0.25, 0.3) is 5.69 Å². The number of rotatable bonds is 5. The smallest absolute Gasteiger partial charge is 0.338 e. The quantitative estimate of drug-likeness (QED) is 0.499. The van der Waals surface area contributed by atoms with Gasteiger partial charge in [0.2, 0.25) is 0 Å². The topological polar surface area (TPSA) is 106 Å². The molecule has 0 aliphatic rings. The van der Waals surface area contributed by atoms with E-state index in [0.717, 1.165) is 17.8 Å². The highest BCUT2D eigenvalue weighted by molar-refractivity contribution is 8.03. The lowest BCUT2D eigenvalue weighted by molar-refractivity contribution is -0.387. The Hall–Kier alpha value is -1.72. The van der Waals surface area contributed by atoms with E-state index >= 15 is 0 Å². The third kappa shape index (κ3) is 3.49. The summed E-state index contributed by atoms with van der Waals surface area (Å²) < 4.78 is 14.6. The normalized spacial score (nSPS) is 10.6. The van der Waals surface area contributed by atoms with Crippen LogP contribution in [0.3, 0.4) is 0 Å². The molecule has 1 heterocycles. The Kier molecular flexibility index (Phi) is 4.75. The lowest BCUT2D eigenvalue weighted by atomic mass is 10.2. The average Bonchev–Trinajstić information content (AvgIpc) is 2.87. The number of benzene rings is 1. The van der Waals surface area contributed by atoms with Crippen LogP contribution in [-0.2, 0) is 0 Å². The molecule has 0 radical (unpaired) electrons. The van der Waals surface area contributed by atoms with Crippen molar-refractivity contribution in [2.24, 2.45) is 0 Å². The van der Waals surface area contributed by atoms with Crippen LogP contribution >= 0.6 is 34.9 Å². The van der Waals surface area contributed by atoms with Crippen LogP contribution in [0.4, 0.5) is 10.1 Å². The van der Waals surface area contributed by atoms with Gasteiger partial charge in [-0.05, 0) is 24.1 Å². The first-order chi connectivity index (χ1) is 9.92. The van der Waals surface area contributed by atoms with Crippen molar-refractivity contribution in [3.05, 3.63) is 33.6 Å². The molecule has 1 aromatic carbocycles. The zero-order valence-electron chi connectivity index (χ0n) is 10.3. The van der Waals surface area contributed by atoms with E-state index in [-0.39, 0.29) is 4.90 Å². The predicted molar refractivity (Wildman–Crippen MR) is 75.8 cm³/mol. The molecule has 0 bridgehead atoms. The third-order valence-corrected chi connectivity index (χ3v) is 5.23.